The average molecular weight is 649 g/mol. The number of rotatable bonds is 8. The molecule has 0 radical (unpaired) electrons. The molecule has 1 atom stereocenters. The van der Waals surface area contributed by atoms with Crippen molar-refractivity contribution in [2.75, 3.05) is 33.5 Å². The van der Waals surface area contributed by atoms with Gasteiger partial charge in [-0.25, -0.2) is 14.4 Å². The van der Waals surface area contributed by atoms with Crippen molar-refractivity contribution in [1.29, 1.82) is 5.26 Å². The maximum absolute atomic E-state index is 15.2. The van der Waals surface area contributed by atoms with Crippen molar-refractivity contribution in [3.8, 4) is 29.0 Å². The van der Waals surface area contributed by atoms with Crippen LogP contribution in [0.25, 0.3) is 22.3 Å². The predicted molar refractivity (Wildman–Crippen MR) is 177 cm³/mol. The summed E-state index contributed by atoms with van der Waals surface area (Å²) in [5.74, 6) is 1.49. The number of fused-ring (bicyclic) bond motifs is 7. The molecule has 3 aromatic carbocycles. The van der Waals surface area contributed by atoms with Gasteiger partial charge in [0.05, 0.1) is 49.6 Å². The molecule has 9 nitrogen and oxygen atoms in total. The number of aromatic nitrogens is 3. The lowest BCUT2D eigenvalue weighted by molar-refractivity contribution is -0.0589. The normalized spacial score (nSPS) is 15.9. The van der Waals surface area contributed by atoms with E-state index >= 15 is 4.39 Å². The molecule has 0 amide bonds. The predicted octanol–water partition coefficient (Wildman–Crippen LogP) is 6.47. The lowest BCUT2D eigenvalue weighted by atomic mass is 9.99. The Hall–Kier alpha value is -4.82. The number of nitriles is 1. The molecule has 0 spiro atoms. The monoisotopic (exact) mass is 648 g/mol. The number of methoxy groups -OCH3 is 1. The van der Waals surface area contributed by atoms with E-state index in [9.17, 15) is 5.26 Å². The van der Waals surface area contributed by atoms with Crippen LogP contribution in [0.2, 0.25) is 0 Å². The number of imidazole rings is 1. The summed E-state index contributed by atoms with van der Waals surface area (Å²) < 4.78 is 46.9. The number of pyridine rings is 1. The van der Waals surface area contributed by atoms with Crippen molar-refractivity contribution < 1.29 is 28.1 Å². The first-order valence-corrected chi connectivity index (χ1v) is 16.2. The van der Waals surface area contributed by atoms with Gasteiger partial charge in [-0.1, -0.05) is 18.2 Å². The van der Waals surface area contributed by atoms with E-state index in [0.717, 1.165) is 63.5 Å². The number of nitrogens with zero attached hydrogens (tertiary/aromatic N) is 4. The molecule has 2 aliphatic rings. The quantitative estimate of drug-likeness (QED) is 0.177. The highest BCUT2D eigenvalue weighted by Crippen LogP contribution is 2.33. The summed E-state index contributed by atoms with van der Waals surface area (Å²) in [6.45, 7) is 5.39. The Morgan fingerprint density at radius 1 is 0.979 bits per heavy atom. The third-order valence-electron chi connectivity index (χ3n) is 8.90. The fourth-order valence-corrected chi connectivity index (χ4v) is 6.23. The molecule has 5 aromatic rings. The van der Waals surface area contributed by atoms with Crippen LogP contribution in [0.1, 0.15) is 45.6 Å². The molecular weight excluding hydrogens is 611 g/mol. The van der Waals surface area contributed by atoms with Crippen molar-refractivity contribution in [2.45, 2.75) is 52.0 Å². The smallest absolute Gasteiger partial charge is 0.214 e. The maximum atomic E-state index is 15.2. The molecule has 2 aliphatic heterocycles. The number of hydrogen-bond donors (Lipinski definition) is 0. The topological polar surface area (TPSA) is 101 Å². The number of halogens is 1. The van der Waals surface area contributed by atoms with E-state index < -0.39 is 5.82 Å². The van der Waals surface area contributed by atoms with Gasteiger partial charge in [0.15, 0.2) is 0 Å². The van der Waals surface area contributed by atoms with Gasteiger partial charge >= 0.3 is 0 Å². The zero-order chi connectivity index (χ0) is 33.0. The van der Waals surface area contributed by atoms with E-state index in [1.165, 1.54) is 12.1 Å². The van der Waals surface area contributed by atoms with Gasteiger partial charge < -0.3 is 28.3 Å². The van der Waals surface area contributed by atoms with Crippen LogP contribution < -0.4 is 9.47 Å². The molecule has 4 bridgehead atoms. The summed E-state index contributed by atoms with van der Waals surface area (Å²) in [4.78, 5) is 9.69. The summed E-state index contributed by atoms with van der Waals surface area (Å²) >= 11 is 0. The third kappa shape index (κ3) is 6.76. The molecule has 10 heteroatoms. The van der Waals surface area contributed by atoms with Crippen molar-refractivity contribution in [1.82, 2.24) is 14.5 Å². The van der Waals surface area contributed by atoms with Crippen LogP contribution in [0.4, 0.5) is 4.39 Å². The van der Waals surface area contributed by atoms with Crippen LogP contribution in [0.5, 0.6) is 11.6 Å². The minimum atomic E-state index is -0.438. The first-order chi connectivity index (χ1) is 23.5. The van der Waals surface area contributed by atoms with Crippen LogP contribution >= 0.6 is 0 Å². The van der Waals surface area contributed by atoms with Gasteiger partial charge in [0, 0.05) is 31.8 Å². The lowest BCUT2D eigenvalue weighted by Crippen LogP contribution is -2.31. The van der Waals surface area contributed by atoms with Gasteiger partial charge in [0.1, 0.15) is 41.8 Å². The molecule has 0 aliphatic carbocycles. The Balaban J connectivity index is 1.27. The van der Waals surface area contributed by atoms with E-state index in [4.69, 9.17) is 28.7 Å². The van der Waals surface area contributed by atoms with Gasteiger partial charge in [-0.05, 0) is 84.0 Å². The van der Waals surface area contributed by atoms with Crippen LogP contribution in [0.3, 0.4) is 0 Å². The van der Waals surface area contributed by atoms with Crippen molar-refractivity contribution in [3.63, 3.8) is 0 Å². The van der Waals surface area contributed by atoms with Crippen LogP contribution in [-0.4, -0.2) is 54.2 Å². The Kier molecular flexibility index (Phi) is 9.34. The summed E-state index contributed by atoms with van der Waals surface area (Å²) in [7, 11) is 1.65. The standard InChI is InChI=1S/C38H37FN4O5/c1-24-15-33-38(34(16-24)47-14-13-44-2)41-35(43(33)21-31-10-12-46-31)19-26-5-6-28-18-30(26)22-45-11-9-27-17-25(20-40)3-4-29(27)23-48-36-8-7-32(39)37(28)42-36/h3-8,15-18,31H,9-14,19,21-23H2,1-2H3. The lowest BCUT2D eigenvalue weighted by Gasteiger charge is -2.27. The van der Waals surface area contributed by atoms with E-state index in [1.54, 1.807) is 13.2 Å². The SMILES string of the molecule is COCCOc1cc(C)cc2c1nc(Cc1ccc3cc1COCCc1cc(C#N)ccc1COc1ccc(F)c-3n1)n2CC1CCO1. The molecule has 7 rings (SSSR count). The van der Waals surface area contributed by atoms with Crippen molar-refractivity contribution >= 4 is 11.0 Å². The summed E-state index contributed by atoms with van der Waals surface area (Å²) in [6.07, 6.45) is 2.24. The van der Waals surface area contributed by atoms with Crippen molar-refractivity contribution in [2.24, 2.45) is 0 Å². The molecule has 2 aromatic heterocycles. The molecule has 1 fully saturated rings. The van der Waals surface area contributed by atoms with Crippen LogP contribution in [0.15, 0.2) is 60.7 Å². The highest BCUT2D eigenvalue weighted by Gasteiger charge is 2.24. The Labute approximate surface area is 278 Å². The largest absolute Gasteiger partial charge is 0.489 e. The second kappa shape index (κ2) is 14.1. The molecule has 246 valence electrons. The van der Waals surface area contributed by atoms with E-state index in [2.05, 4.69) is 28.6 Å². The van der Waals surface area contributed by atoms with Gasteiger partial charge in [-0.15, -0.1) is 0 Å². The first kappa shape index (κ1) is 31.8. The molecule has 1 unspecified atom stereocenters. The van der Waals surface area contributed by atoms with E-state index in [-0.39, 0.29) is 18.4 Å². The van der Waals surface area contributed by atoms with Gasteiger partial charge in [0.2, 0.25) is 5.88 Å². The Morgan fingerprint density at radius 3 is 2.69 bits per heavy atom. The van der Waals surface area contributed by atoms with E-state index in [0.29, 0.717) is 62.8 Å². The minimum absolute atomic E-state index is 0.122. The first-order valence-electron chi connectivity index (χ1n) is 16.2. The van der Waals surface area contributed by atoms with Gasteiger partial charge in [-0.3, -0.25) is 0 Å². The summed E-state index contributed by atoms with van der Waals surface area (Å²) in [5, 5.41) is 9.49. The van der Waals surface area contributed by atoms with E-state index in [1.807, 2.05) is 36.4 Å². The summed E-state index contributed by atoms with van der Waals surface area (Å²) in [6, 6.07) is 20.7. The number of hydrogen-bond acceptors (Lipinski definition) is 8. The molecule has 4 heterocycles. The van der Waals surface area contributed by atoms with Gasteiger partial charge in [-0.2, -0.15) is 5.26 Å². The Morgan fingerprint density at radius 2 is 1.88 bits per heavy atom. The Bertz CT molecular complexity index is 2000. The fourth-order valence-electron chi connectivity index (χ4n) is 6.23. The molecule has 1 saturated heterocycles. The minimum Gasteiger partial charge on any atom is -0.489 e. The molecule has 0 saturated carbocycles. The molecule has 0 N–H and O–H groups in total. The van der Waals surface area contributed by atoms with Crippen LogP contribution in [0, 0.1) is 24.1 Å². The number of benzene rings is 3. The average Bonchev–Trinajstić information content (AvgIpc) is 3.41. The molecule has 48 heavy (non-hydrogen) atoms. The zero-order valence-electron chi connectivity index (χ0n) is 27.1. The second-order valence-corrected chi connectivity index (χ2v) is 12.2. The zero-order valence-corrected chi connectivity index (χ0v) is 27.1. The van der Waals surface area contributed by atoms with Crippen LogP contribution in [-0.2, 0) is 46.8 Å². The number of aryl methyl sites for hydroxylation is 1. The third-order valence-corrected chi connectivity index (χ3v) is 8.90. The summed E-state index contributed by atoms with van der Waals surface area (Å²) in [5.41, 5.74) is 8.10. The molecular formula is C38H37FN4O5. The van der Waals surface area contributed by atoms with Gasteiger partial charge in [0.25, 0.3) is 0 Å². The highest BCUT2D eigenvalue weighted by atomic mass is 19.1. The number of ether oxygens (including phenoxy) is 5. The fraction of sp³-hybridized carbons (Fsp3) is 0.342. The van der Waals surface area contributed by atoms with Crippen molar-refractivity contribution in [3.05, 3.63) is 106 Å². The maximum Gasteiger partial charge on any atom is 0.214 e. The highest BCUT2D eigenvalue weighted by molar-refractivity contribution is 5.83. The second-order valence-electron chi connectivity index (χ2n) is 12.2.